The number of aromatic amines is 1. The Morgan fingerprint density at radius 2 is 2.12 bits per heavy atom. The van der Waals surface area contributed by atoms with E-state index in [1.165, 1.54) is 6.07 Å². The van der Waals surface area contributed by atoms with E-state index in [2.05, 4.69) is 10.2 Å². The molecule has 1 aromatic heterocycles. The summed E-state index contributed by atoms with van der Waals surface area (Å²) >= 11 is 5.20. The van der Waals surface area contributed by atoms with Crippen LogP contribution in [0.5, 0.6) is 0 Å². The summed E-state index contributed by atoms with van der Waals surface area (Å²) in [7, 11) is 0. The fourth-order valence-corrected chi connectivity index (χ4v) is 1.96. The molecule has 90 valence electrons. The van der Waals surface area contributed by atoms with Crippen molar-refractivity contribution < 1.29 is 4.39 Å². The fraction of sp³-hybridized carbons (Fsp3) is 0.333. The SMILES string of the molecule is Cc1cc(-n2c(C(C)C)n[nH]c2=S)ccc1F. The highest BCUT2D eigenvalue weighted by Gasteiger charge is 2.12. The van der Waals surface area contributed by atoms with Crippen molar-refractivity contribution in [2.75, 3.05) is 0 Å². The molecule has 17 heavy (non-hydrogen) atoms. The van der Waals surface area contributed by atoms with Crippen molar-refractivity contribution in [2.45, 2.75) is 26.7 Å². The van der Waals surface area contributed by atoms with E-state index in [1.54, 1.807) is 19.1 Å². The zero-order valence-corrected chi connectivity index (χ0v) is 10.8. The molecule has 1 N–H and O–H groups in total. The predicted molar refractivity (Wildman–Crippen MR) is 67.5 cm³/mol. The van der Waals surface area contributed by atoms with Crippen molar-refractivity contribution in [3.8, 4) is 5.69 Å². The molecule has 0 amide bonds. The third kappa shape index (κ3) is 2.15. The molecule has 0 fully saturated rings. The number of aryl methyl sites for hydroxylation is 1. The standard InChI is InChI=1S/C12H14FN3S/c1-7(2)11-14-15-12(17)16(11)9-4-5-10(13)8(3)6-9/h4-7H,1-3H3,(H,15,17). The van der Waals surface area contributed by atoms with Crippen LogP contribution in [0.4, 0.5) is 4.39 Å². The normalized spacial score (nSPS) is 11.1. The van der Waals surface area contributed by atoms with E-state index >= 15 is 0 Å². The van der Waals surface area contributed by atoms with E-state index in [1.807, 2.05) is 18.4 Å². The van der Waals surface area contributed by atoms with Crippen molar-refractivity contribution in [2.24, 2.45) is 0 Å². The van der Waals surface area contributed by atoms with Gasteiger partial charge in [0.1, 0.15) is 11.6 Å². The second-order valence-corrected chi connectivity index (χ2v) is 4.70. The number of halogens is 1. The van der Waals surface area contributed by atoms with E-state index in [-0.39, 0.29) is 11.7 Å². The van der Waals surface area contributed by atoms with Crippen molar-refractivity contribution in [3.63, 3.8) is 0 Å². The van der Waals surface area contributed by atoms with Crippen LogP contribution in [0.15, 0.2) is 18.2 Å². The number of aromatic nitrogens is 3. The van der Waals surface area contributed by atoms with Crippen LogP contribution < -0.4 is 0 Å². The van der Waals surface area contributed by atoms with Crippen molar-refractivity contribution in [1.82, 2.24) is 14.8 Å². The number of nitrogens with zero attached hydrogens (tertiary/aromatic N) is 2. The molecule has 0 aliphatic heterocycles. The van der Waals surface area contributed by atoms with Gasteiger partial charge in [-0.25, -0.2) is 4.39 Å². The Balaban J connectivity index is 2.63. The lowest BCUT2D eigenvalue weighted by atomic mass is 10.2. The third-order valence-electron chi connectivity index (χ3n) is 2.61. The molecule has 0 aliphatic rings. The van der Waals surface area contributed by atoms with Gasteiger partial charge in [-0.2, -0.15) is 5.10 Å². The van der Waals surface area contributed by atoms with Crippen LogP contribution in [-0.4, -0.2) is 14.8 Å². The van der Waals surface area contributed by atoms with Gasteiger partial charge in [-0.1, -0.05) is 13.8 Å². The minimum atomic E-state index is -0.213. The summed E-state index contributed by atoms with van der Waals surface area (Å²) in [4.78, 5) is 0. The van der Waals surface area contributed by atoms with Crippen LogP contribution in [-0.2, 0) is 0 Å². The highest BCUT2D eigenvalue weighted by atomic mass is 32.1. The van der Waals surface area contributed by atoms with E-state index < -0.39 is 0 Å². The molecule has 2 rings (SSSR count). The first-order valence-electron chi connectivity index (χ1n) is 5.44. The smallest absolute Gasteiger partial charge is 0.199 e. The third-order valence-corrected chi connectivity index (χ3v) is 2.89. The largest absolute Gasteiger partial charge is 0.272 e. The Bertz CT molecular complexity index is 598. The summed E-state index contributed by atoms with van der Waals surface area (Å²) in [5.41, 5.74) is 1.44. The van der Waals surface area contributed by atoms with Crippen molar-refractivity contribution in [3.05, 3.63) is 40.2 Å². The number of hydrogen-bond acceptors (Lipinski definition) is 2. The van der Waals surface area contributed by atoms with Crippen LogP contribution in [0.25, 0.3) is 5.69 Å². The van der Waals surface area contributed by atoms with Gasteiger partial charge in [0.25, 0.3) is 0 Å². The molecule has 0 unspecified atom stereocenters. The quantitative estimate of drug-likeness (QED) is 0.829. The summed E-state index contributed by atoms with van der Waals surface area (Å²) in [5.74, 6) is 0.879. The minimum Gasteiger partial charge on any atom is -0.272 e. The molecule has 3 nitrogen and oxygen atoms in total. The fourth-order valence-electron chi connectivity index (χ4n) is 1.71. The molecular weight excluding hydrogens is 237 g/mol. The average molecular weight is 251 g/mol. The summed E-state index contributed by atoms with van der Waals surface area (Å²) in [6.45, 7) is 5.81. The molecule has 1 aromatic carbocycles. The van der Waals surface area contributed by atoms with E-state index in [0.717, 1.165) is 11.5 Å². The maximum absolute atomic E-state index is 13.2. The van der Waals surface area contributed by atoms with Gasteiger partial charge in [0.15, 0.2) is 4.77 Å². The first kappa shape index (κ1) is 12.0. The van der Waals surface area contributed by atoms with Crippen LogP contribution in [0.1, 0.15) is 31.2 Å². The maximum Gasteiger partial charge on any atom is 0.199 e. The zero-order valence-electron chi connectivity index (χ0n) is 9.99. The molecule has 0 atom stereocenters. The molecule has 1 heterocycles. The lowest BCUT2D eigenvalue weighted by Gasteiger charge is -2.10. The van der Waals surface area contributed by atoms with Gasteiger partial charge in [0, 0.05) is 5.92 Å². The number of H-pyrrole nitrogens is 1. The molecular formula is C12H14FN3S. The van der Waals surface area contributed by atoms with Crippen LogP contribution >= 0.6 is 12.2 Å². The minimum absolute atomic E-state index is 0.213. The monoisotopic (exact) mass is 251 g/mol. The average Bonchev–Trinajstić information content (AvgIpc) is 2.64. The Hall–Kier alpha value is -1.49. The maximum atomic E-state index is 13.2. The van der Waals surface area contributed by atoms with Gasteiger partial charge in [-0.3, -0.25) is 9.67 Å². The Labute approximate surface area is 104 Å². The van der Waals surface area contributed by atoms with Gasteiger partial charge in [-0.15, -0.1) is 0 Å². The molecule has 0 spiro atoms. The Morgan fingerprint density at radius 3 is 2.71 bits per heavy atom. The molecule has 0 radical (unpaired) electrons. The molecule has 2 aromatic rings. The Morgan fingerprint density at radius 1 is 1.41 bits per heavy atom. The van der Waals surface area contributed by atoms with E-state index in [0.29, 0.717) is 10.3 Å². The van der Waals surface area contributed by atoms with E-state index in [9.17, 15) is 4.39 Å². The van der Waals surface area contributed by atoms with Gasteiger partial charge in [0.05, 0.1) is 5.69 Å². The molecule has 5 heteroatoms. The topological polar surface area (TPSA) is 33.6 Å². The number of rotatable bonds is 2. The molecule has 0 aliphatic carbocycles. The first-order chi connectivity index (χ1) is 8.00. The number of hydrogen-bond donors (Lipinski definition) is 1. The van der Waals surface area contributed by atoms with Gasteiger partial charge in [0.2, 0.25) is 0 Å². The zero-order chi connectivity index (χ0) is 12.6. The highest BCUT2D eigenvalue weighted by Crippen LogP contribution is 2.19. The van der Waals surface area contributed by atoms with Crippen LogP contribution in [0, 0.1) is 17.5 Å². The van der Waals surface area contributed by atoms with Crippen LogP contribution in [0.2, 0.25) is 0 Å². The van der Waals surface area contributed by atoms with Crippen molar-refractivity contribution in [1.29, 1.82) is 0 Å². The van der Waals surface area contributed by atoms with Gasteiger partial charge in [-0.05, 0) is 42.9 Å². The Kier molecular flexibility index (Phi) is 3.11. The summed E-state index contributed by atoms with van der Waals surface area (Å²) in [6, 6.07) is 4.93. The lowest BCUT2D eigenvalue weighted by molar-refractivity contribution is 0.617. The molecule has 0 bridgehead atoms. The molecule has 0 saturated carbocycles. The number of benzene rings is 1. The summed E-state index contributed by atoms with van der Waals surface area (Å²) in [6.07, 6.45) is 0. The highest BCUT2D eigenvalue weighted by molar-refractivity contribution is 7.71. The second kappa shape index (κ2) is 4.41. The summed E-state index contributed by atoms with van der Waals surface area (Å²) in [5, 5.41) is 6.97. The van der Waals surface area contributed by atoms with Gasteiger partial charge >= 0.3 is 0 Å². The van der Waals surface area contributed by atoms with Crippen molar-refractivity contribution >= 4 is 12.2 Å². The lowest BCUT2D eigenvalue weighted by Crippen LogP contribution is -2.03. The summed E-state index contributed by atoms with van der Waals surface area (Å²) < 4.78 is 15.6. The molecule has 0 saturated heterocycles. The second-order valence-electron chi connectivity index (χ2n) is 4.31. The predicted octanol–water partition coefficient (Wildman–Crippen LogP) is 3.50. The number of nitrogens with one attached hydrogen (secondary N) is 1. The first-order valence-corrected chi connectivity index (χ1v) is 5.85. The van der Waals surface area contributed by atoms with Gasteiger partial charge < -0.3 is 0 Å². The van der Waals surface area contributed by atoms with Crippen LogP contribution in [0.3, 0.4) is 0 Å². The van der Waals surface area contributed by atoms with E-state index in [4.69, 9.17) is 12.2 Å².